The number of carbonyl (C=O) groups is 2. The monoisotopic (exact) mass is 382 g/mol. The summed E-state index contributed by atoms with van der Waals surface area (Å²) in [6.45, 7) is 4.12. The second kappa shape index (κ2) is 9.35. The van der Waals surface area contributed by atoms with Crippen LogP contribution >= 0.6 is 0 Å². The highest BCUT2D eigenvalue weighted by molar-refractivity contribution is 5.95. The summed E-state index contributed by atoms with van der Waals surface area (Å²) in [6.07, 6.45) is 5.48. The van der Waals surface area contributed by atoms with Gasteiger partial charge >= 0.3 is 5.97 Å². The molecule has 1 aromatic heterocycles. The summed E-state index contributed by atoms with van der Waals surface area (Å²) >= 11 is 0. The Labute approximate surface area is 165 Å². The first kappa shape index (κ1) is 19.9. The number of aryl methyl sites for hydroxylation is 1. The fraction of sp³-hybridized carbons (Fsp3) is 0.409. The van der Waals surface area contributed by atoms with Gasteiger partial charge in [0.05, 0.1) is 12.2 Å². The fourth-order valence-electron chi connectivity index (χ4n) is 3.54. The van der Waals surface area contributed by atoms with Gasteiger partial charge in [-0.3, -0.25) is 4.79 Å². The van der Waals surface area contributed by atoms with E-state index in [1.54, 1.807) is 0 Å². The number of carboxylic acids is 1. The molecule has 148 valence electrons. The first-order valence-corrected chi connectivity index (χ1v) is 9.77. The van der Waals surface area contributed by atoms with Crippen molar-refractivity contribution in [1.29, 1.82) is 0 Å². The summed E-state index contributed by atoms with van der Waals surface area (Å²) in [5.74, 6) is 0.355. The van der Waals surface area contributed by atoms with Gasteiger partial charge in [-0.15, -0.1) is 0 Å². The summed E-state index contributed by atoms with van der Waals surface area (Å²) in [6, 6.07) is 11.2. The highest BCUT2D eigenvalue weighted by Crippen LogP contribution is 2.24. The average molecular weight is 382 g/mol. The Balaban J connectivity index is 1.46. The van der Waals surface area contributed by atoms with Crippen molar-refractivity contribution in [3.8, 4) is 5.75 Å². The van der Waals surface area contributed by atoms with Crippen LogP contribution in [0.2, 0.25) is 0 Å². The SMILES string of the molecule is CCOc1ccc(CCC2CCN(C(=O)c3ccc(C(=O)O)nc3)CC2)cc1. The number of hydrogen-bond donors (Lipinski definition) is 1. The van der Waals surface area contributed by atoms with E-state index in [0.29, 0.717) is 18.1 Å². The number of carbonyl (C=O) groups excluding carboxylic acids is 1. The molecule has 1 fully saturated rings. The predicted octanol–water partition coefficient (Wildman–Crippen LogP) is 3.66. The molecule has 0 saturated carbocycles. The highest BCUT2D eigenvalue weighted by Gasteiger charge is 2.24. The van der Waals surface area contributed by atoms with Crippen LogP contribution in [0.4, 0.5) is 0 Å². The number of ether oxygens (including phenoxy) is 1. The molecule has 1 amide bonds. The molecule has 1 aromatic carbocycles. The third-order valence-electron chi connectivity index (χ3n) is 5.21. The van der Waals surface area contributed by atoms with Gasteiger partial charge < -0.3 is 14.7 Å². The minimum Gasteiger partial charge on any atom is -0.494 e. The van der Waals surface area contributed by atoms with Crippen LogP contribution < -0.4 is 4.74 Å². The molecule has 3 rings (SSSR count). The Morgan fingerprint density at radius 1 is 1.14 bits per heavy atom. The van der Waals surface area contributed by atoms with Gasteiger partial charge in [-0.05, 0) is 68.4 Å². The Hall–Kier alpha value is -2.89. The van der Waals surface area contributed by atoms with Crippen molar-refractivity contribution in [2.75, 3.05) is 19.7 Å². The highest BCUT2D eigenvalue weighted by atomic mass is 16.5. The number of carboxylic acid groups (broad SMARTS) is 1. The van der Waals surface area contributed by atoms with Gasteiger partial charge in [0.15, 0.2) is 0 Å². The van der Waals surface area contributed by atoms with Crippen LogP contribution in [0.5, 0.6) is 5.75 Å². The second-order valence-corrected chi connectivity index (χ2v) is 7.09. The lowest BCUT2D eigenvalue weighted by atomic mass is 9.90. The van der Waals surface area contributed by atoms with Crippen LogP contribution in [0, 0.1) is 5.92 Å². The van der Waals surface area contributed by atoms with Crippen LogP contribution in [0.15, 0.2) is 42.6 Å². The smallest absolute Gasteiger partial charge is 0.354 e. The van der Waals surface area contributed by atoms with E-state index in [4.69, 9.17) is 9.84 Å². The Kier molecular flexibility index (Phi) is 6.63. The normalized spacial score (nSPS) is 14.7. The lowest BCUT2D eigenvalue weighted by Gasteiger charge is -2.32. The molecule has 0 atom stereocenters. The van der Waals surface area contributed by atoms with Crippen molar-refractivity contribution in [3.63, 3.8) is 0 Å². The quantitative estimate of drug-likeness (QED) is 0.790. The summed E-state index contributed by atoms with van der Waals surface area (Å²) in [4.78, 5) is 29.1. The summed E-state index contributed by atoms with van der Waals surface area (Å²) in [5.41, 5.74) is 1.70. The number of likely N-dealkylation sites (tertiary alicyclic amines) is 1. The van der Waals surface area contributed by atoms with Crippen molar-refractivity contribution in [1.82, 2.24) is 9.88 Å². The molecule has 0 bridgehead atoms. The molecule has 6 heteroatoms. The number of nitrogens with zero attached hydrogens (tertiary/aromatic N) is 2. The maximum atomic E-state index is 12.6. The van der Waals surface area contributed by atoms with Gasteiger partial charge in [-0.2, -0.15) is 0 Å². The minimum absolute atomic E-state index is 0.0513. The molecule has 2 aromatic rings. The van der Waals surface area contributed by atoms with Gasteiger partial charge in [-0.25, -0.2) is 9.78 Å². The molecule has 0 aliphatic carbocycles. The number of hydrogen-bond acceptors (Lipinski definition) is 4. The molecule has 1 aliphatic rings. The third-order valence-corrected chi connectivity index (χ3v) is 5.21. The van der Waals surface area contributed by atoms with Crippen molar-refractivity contribution in [2.24, 2.45) is 5.92 Å². The molecule has 1 saturated heterocycles. The topological polar surface area (TPSA) is 79.7 Å². The second-order valence-electron chi connectivity index (χ2n) is 7.09. The summed E-state index contributed by atoms with van der Waals surface area (Å²) < 4.78 is 5.47. The molecule has 28 heavy (non-hydrogen) atoms. The van der Waals surface area contributed by atoms with Crippen molar-refractivity contribution in [3.05, 3.63) is 59.4 Å². The molecular weight excluding hydrogens is 356 g/mol. The standard InChI is InChI=1S/C22H26N2O4/c1-2-28-19-8-5-16(6-9-19)3-4-17-11-13-24(14-12-17)21(25)18-7-10-20(22(26)27)23-15-18/h5-10,15,17H,2-4,11-14H2,1H3,(H,26,27). The predicted molar refractivity (Wildman–Crippen MR) is 106 cm³/mol. The number of benzene rings is 1. The van der Waals surface area contributed by atoms with E-state index in [0.717, 1.165) is 44.5 Å². The molecule has 1 aliphatic heterocycles. The molecule has 0 unspecified atom stereocenters. The molecule has 6 nitrogen and oxygen atoms in total. The number of rotatable bonds is 7. The van der Waals surface area contributed by atoms with Crippen LogP contribution in [0.25, 0.3) is 0 Å². The number of amides is 1. The third kappa shape index (κ3) is 5.09. The molecular formula is C22H26N2O4. The van der Waals surface area contributed by atoms with Gasteiger partial charge in [0, 0.05) is 19.3 Å². The summed E-state index contributed by atoms with van der Waals surface area (Å²) in [5, 5.41) is 8.90. The average Bonchev–Trinajstić information content (AvgIpc) is 2.73. The Morgan fingerprint density at radius 3 is 2.43 bits per heavy atom. The zero-order valence-electron chi connectivity index (χ0n) is 16.1. The summed E-state index contributed by atoms with van der Waals surface area (Å²) in [7, 11) is 0. The first-order chi connectivity index (χ1) is 13.6. The van der Waals surface area contributed by atoms with Crippen LogP contribution in [-0.2, 0) is 6.42 Å². The van der Waals surface area contributed by atoms with Gasteiger partial charge in [0.25, 0.3) is 5.91 Å². The van der Waals surface area contributed by atoms with E-state index in [2.05, 4.69) is 17.1 Å². The Bertz CT molecular complexity index is 794. The Morgan fingerprint density at radius 2 is 1.86 bits per heavy atom. The molecule has 1 N–H and O–H groups in total. The molecule has 0 radical (unpaired) electrons. The molecule has 0 spiro atoms. The fourth-order valence-corrected chi connectivity index (χ4v) is 3.54. The van der Waals surface area contributed by atoms with E-state index in [1.165, 1.54) is 23.9 Å². The minimum atomic E-state index is -1.09. The van der Waals surface area contributed by atoms with Crippen molar-refractivity contribution < 1.29 is 19.4 Å². The number of piperidine rings is 1. The first-order valence-electron chi connectivity index (χ1n) is 9.77. The maximum absolute atomic E-state index is 12.6. The van der Waals surface area contributed by atoms with Crippen molar-refractivity contribution in [2.45, 2.75) is 32.6 Å². The van der Waals surface area contributed by atoms with E-state index in [9.17, 15) is 9.59 Å². The number of aromatic carboxylic acids is 1. The van der Waals surface area contributed by atoms with Crippen LogP contribution in [0.3, 0.4) is 0 Å². The van der Waals surface area contributed by atoms with Gasteiger partial charge in [0.1, 0.15) is 11.4 Å². The van der Waals surface area contributed by atoms with E-state index >= 15 is 0 Å². The van der Waals surface area contributed by atoms with Crippen molar-refractivity contribution >= 4 is 11.9 Å². The van der Waals surface area contributed by atoms with E-state index in [-0.39, 0.29) is 11.6 Å². The lowest BCUT2D eigenvalue weighted by Crippen LogP contribution is -2.38. The van der Waals surface area contributed by atoms with Gasteiger partial charge in [-0.1, -0.05) is 12.1 Å². The van der Waals surface area contributed by atoms with Crippen LogP contribution in [0.1, 0.15) is 52.6 Å². The van der Waals surface area contributed by atoms with E-state index < -0.39 is 5.97 Å². The zero-order valence-corrected chi connectivity index (χ0v) is 16.1. The zero-order chi connectivity index (χ0) is 19.9. The van der Waals surface area contributed by atoms with E-state index in [1.807, 2.05) is 24.0 Å². The lowest BCUT2D eigenvalue weighted by molar-refractivity contribution is 0.0673. The molecule has 2 heterocycles. The van der Waals surface area contributed by atoms with Gasteiger partial charge in [0.2, 0.25) is 0 Å². The number of aromatic nitrogens is 1. The maximum Gasteiger partial charge on any atom is 0.354 e. The number of pyridine rings is 1. The largest absolute Gasteiger partial charge is 0.494 e. The van der Waals surface area contributed by atoms with Crippen LogP contribution in [-0.4, -0.2) is 46.6 Å².